The Bertz CT molecular complexity index is 481. The number of sulfonamides is 1. The van der Waals surface area contributed by atoms with Crippen LogP contribution >= 0.6 is 0 Å². The van der Waals surface area contributed by atoms with E-state index in [2.05, 4.69) is 15.0 Å². The fraction of sp³-hybridized carbons (Fsp3) is 0.583. The molecule has 6 heteroatoms. The molecule has 0 aliphatic rings. The van der Waals surface area contributed by atoms with Crippen molar-refractivity contribution in [2.24, 2.45) is 0 Å². The van der Waals surface area contributed by atoms with E-state index in [0.717, 1.165) is 13.0 Å². The summed E-state index contributed by atoms with van der Waals surface area (Å²) < 4.78 is 26.9. The van der Waals surface area contributed by atoms with Gasteiger partial charge in [0, 0.05) is 18.3 Å². The van der Waals surface area contributed by atoms with Gasteiger partial charge in [0.05, 0.1) is 0 Å². The number of anilines is 1. The summed E-state index contributed by atoms with van der Waals surface area (Å²) in [5.41, 5.74) is -0.459. The van der Waals surface area contributed by atoms with Gasteiger partial charge in [-0.2, -0.15) is 0 Å². The van der Waals surface area contributed by atoms with Crippen LogP contribution in [0.2, 0.25) is 0 Å². The van der Waals surface area contributed by atoms with Crippen molar-refractivity contribution in [3.63, 3.8) is 0 Å². The summed E-state index contributed by atoms with van der Waals surface area (Å²) in [7, 11) is -3.50. The predicted molar refractivity (Wildman–Crippen MR) is 73.1 cm³/mol. The highest BCUT2D eigenvalue weighted by molar-refractivity contribution is 7.89. The molecule has 0 spiro atoms. The van der Waals surface area contributed by atoms with Gasteiger partial charge >= 0.3 is 0 Å². The third-order valence-electron chi connectivity index (χ3n) is 2.70. The average Bonchev–Trinajstić information content (AvgIpc) is 2.29. The number of nitrogens with zero attached hydrogens (tertiary/aromatic N) is 1. The van der Waals surface area contributed by atoms with Crippen molar-refractivity contribution in [3.05, 3.63) is 18.3 Å². The summed E-state index contributed by atoms with van der Waals surface area (Å²) in [6.07, 6.45) is 2.08. The van der Waals surface area contributed by atoms with E-state index in [1.165, 1.54) is 6.20 Å². The molecule has 102 valence electrons. The Kier molecular flexibility index (Phi) is 4.70. The van der Waals surface area contributed by atoms with E-state index in [1.54, 1.807) is 12.1 Å². The van der Waals surface area contributed by atoms with Gasteiger partial charge in [-0.05, 0) is 39.3 Å². The first kappa shape index (κ1) is 14.9. The lowest BCUT2D eigenvalue weighted by Crippen LogP contribution is -2.42. The molecule has 2 N–H and O–H groups in total. The summed E-state index contributed by atoms with van der Waals surface area (Å²) in [6, 6.07) is 3.22. The molecule has 0 saturated heterocycles. The second-order valence-corrected chi connectivity index (χ2v) is 6.43. The Morgan fingerprint density at radius 1 is 1.28 bits per heavy atom. The van der Waals surface area contributed by atoms with Crippen molar-refractivity contribution in [1.29, 1.82) is 0 Å². The standard InChI is InChI=1S/C12H21N3O2S/c1-5-12(3,4)15-18(16,17)10-7-8-11(13-6-2)14-9-10/h7-9,15H,5-6H2,1-4H3,(H,13,14). The van der Waals surface area contributed by atoms with Gasteiger partial charge in [-0.1, -0.05) is 6.92 Å². The van der Waals surface area contributed by atoms with Crippen LogP contribution in [-0.2, 0) is 10.0 Å². The molecule has 1 rings (SSSR count). The van der Waals surface area contributed by atoms with E-state index in [0.29, 0.717) is 5.82 Å². The van der Waals surface area contributed by atoms with Crippen LogP contribution in [0.25, 0.3) is 0 Å². The fourth-order valence-corrected chi connectivity index (χ4v) is 2.75. The van der Waals surface area contributed by atoms with Crippen molar-refractivity contribution in [3.8, 4) is 0 Å². The van der Waals surface area contributed by atoms with Crippen LogP contribution in [-0.4, -0.2) is 25.5 Å². The molecular formula is C12H21N3O2S. The molecule has 0 aliphatic heterocycles. The van der Waals surface area contributed by atoms with Crippen LogP contribution in [0.1, 0.15) is 34.1 Å². The van der Waals surface area contributed by atoms with E-state index in [9.17, 15) is 8.42 Å². The lowest BCUT2D eigenvalue weighted by atomic mass is 10.0. The Morgan fingerprint density at radius 3 is 2.39 bits per heavy atom. The van der Waals surface area contributed by atoms with E-state index in [1.807, 2.05) is 27.7 Å². The van der Waals surface area contributed by atoms with Crippen LogP contribution in [0.3, 0.4) is 0 Å². The molecule has 1 heterocycles. The largest absolute Gasteiger partial charge is 0.370 e. The normalized spacial score (nSPS) is 12.4. The minimum atomic E-state index is -3.50. The highest BCUT2D eigenvalue weighted by atomic mass is 32.2. The summed E-state index contributed by atoms with van der Waals surface area (Å²) >= 11 is 0. The second-order valence-electron chi connectivity index (χ2n) is 4.75. The van der Waals surface area contributed by atoms with E-state index in [4.69, 9.17) is 0 Å². The number of hydrogen-bond acceptors (Lipinski definition) is 4. The van der Waals surface area contributed by atoms with Gasteiger partial charge in [0.25, 0.3) is 0 Å². The minimum Gasteiger partial charge on any atom is -0.370 e. The Morgan fingerprint density at radius 2 is 1.94 bits per heavy atom. The first-order valence-corrected chi connectivity index (χ1v) is 7.53. The lowest BCUT2D eigenvalue weighted by molar-refractivity contribution is 0.439. The van der Waals surface area contributed by atoms with E-state index in [-0.39, 0.29) is 4.90 Å². The Balaban J connectivity index is 2.92. The van der Waals surface area contributed by atoms with Crippen LogP contribution in [0.15, 0.2) is 23.2 Å². The molecule has 0 amide bonds. The molecule has 0 atom stereocenters. The second kappa shape index (κ2) is 5.67. The lowest BCUT2D eigenvalue weighted by Gasteiger charge is -2.24. The first-order valence-electron chi connectivity index (χ1n) is 6.04. The molecule has 1 aromatic heterocycles. The number of rotatable bonds is 6. The molecule has 1 aromatic rings. The number of hydrogen-bond donors (Lipinski definition) is 2. The molecule has 0 saturated carbocycles. The maximum absolute atomic E-state index is 12.1. The minimum absolute atomic E-state index is 0.186. The van der Waals surface area contributed by atoms with Gasteiger partial charge in [0.15, 0.2) is 0 Å². The molecule has 5 nitrogen and oxygen atoms in total. The Hall–Kier alpha value is -1.14. The maximum atomic E-state index is 12.1. The predicted octanol–water partition coefficient (Wildman–Crippen LogP) is 1.98. The summed E-state index contributed by atoms with van der Waals surface area (Å²) in [4.78, 5) is 4.25. The van der Waals surface area contributed by atoms with E-state index < -0.39 is 15.6 Å². The molecule has 0 radical (unpaired) electrons. The van der Waals surface area contributed by atoms with Gasteiger partial charge < -0.3 is 5.32 Å². The molecule has 0 bridgehead atoms. The van der Waals surface area contributed by atoms with Crippen LogP contribution in [0.5, 0.6) is 0 Å². The zero-order valence-electron chi connectivity index (χ0n) is 11.3. The first-order chi connectivity index (χ1) is 8.30. The monoisotopic (exact) mass is 271 g/mol. The third-order valence-corrected chi connectivity index (χ3v) is 4.38. The average molecular weight is 271 g/mol. The molecule has 0 aliphatic carbocycles. The SMILES string of the molecule is CCNc1ccc(S(=O)(=O)NC(C)(C)CC)cn1. The van der Waals surface area contributed by atoms with Crippen molar-refractivity contribution in [1.82, 2.24) is 9.71 Å². The summed E-state index contributed by atoms with van der Waals surface area (Å²) in [6.45, 7) is 8.35. The van der Waals surface area contributed by atoms with Crippen LogP contribution < -0.4 is 10.0 Å². The number of pyridine rings is 1. The summed E-state index contributed by atoms with van der Waals surface area (Å²) in [5, 5.41) is 3.02. The van der Waals surface area contributed by atoms with Gasteiger partial charge in [0.1, 0.15) is 10.7 Å². The topological polar surface area (TPSA) is 71.1 Å². The van der Waals surface area contributed by atoms with Crippen molar-refractivity contribution >= 4 is 15.8 Å². The molecule has 18 heavy (non-hydrogen) atoms. The van der Waals surface area contributed by atoms with Crippen LogP contribution in [0, 0.1) is 0 Å². The quantitative estimate of drug-likeness (QED) is 0.830. The zero-order chi connectivity index (χ0) is 13.8. The van der Waals surface area contributed by atoms with E-state index >= 15 is 0 Å². The zero-order valence-corrected chi connectivity index (χ0v) is 12.1. The Labute approximate surface area is 109 Å². The molecule has 0 aromatic carbocycles. The van der Waals surface area contributed by atoms with Crippen molar-refractivity contribution < 1.29 is 8.42 Å². The molecular weight excluding hydrogens is 250 g/mol. The van der Waals surface area contributed by atoms with Crippen molar-refractivity contribution in [2.75, 3.05) is 11.9 Å². The highest BCUT2D eigenvalue weighted by Gasteiger charge is 2.24. The highest BCUT2D eigenvalue weighted by Crippen LogP contribution is 2.15. The fourth-order valence-electron chi connectivity index (χ4n) is 1.32. The molecule has 0 unspecified atom stereocenters. The van der Waals surface area contributed by atoms with Gasteiger partial charge in [-0.15, -0.1) is 0 Å². The third kappa shape index (κ3) is 3.96. The number of nitrogens with one attached hydrogen (secondary N) is 2. The van der Waals surface area contributed by atoms with Gasteiger partial charge in [-0.25, -0.2) is 18.1 Å². The van der Waals surface area contributed by atoms with Gasteiger partial charge in [0.2, 0.25) is 10.0 Å². The van der Waals surface area contributed by atoms with Crippen LogP contribution in [0.4, 0.5) is 5.82 Å². The maximum Gasteiger partial charge on any atom is 0.242 e. The summed E-state index contributed by atoms with van der Waals surface area (Å²) in [5.74, 6) is 0.672. The molecule has 0 fully saturated rings. The number of aromatic nitrogens is 1. The van der Waals surface area contributed by atoms with Crippen molar-refractivity contribution in [2.45, 2.75) is 44.6 Å². The van der Waals surface area contributed by atoms with Gasteiger partial charge in [-0.3, -0.25) is 0 Å². The smallest absolute Gasteiger partial charge is 0.242 e.